The number of hydrogen-bond donors (Lipinski definition) is 1. The summed E-state index contributed by atoms with van der Waals surface area (Å²) in [6, 6.07) is 6.27. The predicted molar refractivity (Wildman–Crippen MR) is 76.9 cm³/mol. The lowest BCUT2D eigenvalue weighted by Gasteiger charge is -2.31. The predicted octanol–water partition coefficient (Wildman–Crippen LogP) is 3.44. The van der Waals surface area contributed by atoms with Crippen LogP contribution in [0.5, 0.6) is 0 Å². The number of nitrogens with zero attached hydrogens (tertiary/aromatic N) is 2. The molecule has 0 saturated heterocycles. The van der Waals surface area contributed by atoms with Crippen LogP contribution in [-0.4, -0.2) is 14.7 Å². The van der Waals surface area contributed by atoms with Gasteiger partial charge in [-0.1, -0.05) is 32.9 Å². The summed E-state index contributed by atoms with van der Waals surface area (Å²) in [5.74, 6) is 0.382. The molecule has 108 valence electrons. The molecule has 2 aromatic rings. The molecule has 0 amide bonds. The van der Waals surface area contributed by atoms with Crippen LogP contribution < -0.4 is 0 Å². The molecule has 0 bridgehead atoms. The van der Waals surface area contributed by atoms with Gasteiger partial charge in [0, 0.05) is 24.4 Å². The quantitative estimate of drug-likeness (QED) is 0.908. The van der Waals surface area contributed by atoms with Crippen LogP contribution in [-0.2, 0) is 12.0 Å². The molecule has 0 radical (unpaired) electrons. The SMILES string of the molecule is CCCn1ccnc1C(O)C(C)(C)c1ccc(F)cc1. The standard InChI is InChI=1S/C16H21FN2O/c1-4-10-19-11-9-18-15(19)14(20)16(2,3)12-5-7-13(17)8-6-12/h5-9,11,14,20H,4,10H2,1-3H3. The van der Waals surface area contributed by atoms with Crippen LogP contribution in [0, 0.1) is 5.82 Å². The fourth-order valence-corrected chi connectivity index (χ4v) is 2.36. The highest BCUT2D eigenvalue weighted by atomic mass is 19.1. The van der Waals surface area contributed by atoms with Gasteiger partial charge in [0.2, 0.25) is 0 Å². The first kappa shape index (κ1) is 14.7. The second-order valence-corrected chi connectivity index (χ2v) is 5.61. The van der Waals surface area contributed by atoms with E-state index >= 15 is 0 Å². The summed E-state index contributed by atoms with van der Waals surface area (Å²) in [7, 11) is 0. The number of hydrogen-bond acceptors (Lipinski definition) is 2. The van der Waals surface area contributed by atoms with E-state index in [-0.39, 0.29) is 5.82 Å². The van der Waals surface area contributed by atoms with Crippen LogP contribution >= 0.6 is 0 Å². The summed E-state index contributed by atoms with van der Waals surface area (Å²) in [4.78, 5) is 4.28. The third-order valence-electron chi connectivity index (χ3n) is 3.73. The Kier molecular flexibility index (Phi) is 4.23. The van der Waals surface area contributed by atoms with Gasteiger partial charge in [0.15, 0.2) is 0 Å². The van der Waals surface area contributed by atoms with Gasteiger partial charge >= 0.3 is 0 Å². The summed E-state index contributed by atoms with van der Waals surface area (Å²) < 4.78 is 15.0. The van der Waals surface area contributed by atoms with Crippen LogP contribution in [0.15, 0.2) is 36.7 Å². The van der Waals surface area contributed by atoms with Crippen molar-refractivity contribution < 1.29 is 9.50 Å². The number of imidazole rings is 1. The number of benzene rings is 1. The Morgan fingerprint density at radius 2 is 1.95 bits per heavy atom. The van der Waals surface area contributed by atoms with E-state index in [1.54, 1.807) is 18.3 Å². The van der Waals surface area contributed by atoms with Crippen molar-refractivity contribution in [3.05, 3.63) is 53.9 Å². The van der Waals surface area contributed by atoms with Crippen molar-refractivity contribution in [3.8, 4) is 0 Å². The number of aliphatic hydroxyl groups is 1. The Balaban J connectivity index is 2.32. The van der Waals surface area contributed by atoms with Crippen molar-refractivity contribution in [2.24, 2.45) is 0 Å². The van der Waals surface area contributed by atoms with Crippen LogP contribution in [0.4, 0.5) is 4.39 Å². The fraction of sp³-hybridized carbons (Fsp3) is 0.438. The fourth-order valence-electron chi connectivity index (χ4n) is 2.36. The molecule has 4 heteroatoms. The van der Waals surface area contributed by atoms with Crippen molar-refractivity contribution >= 4 is 0 Å². The van der Waals surface area contributed by atoms with E-state index in [1.165, 1.54) is 12.1 Å². The normalized spacial score (nSPS) is 13.4. The third kappa shape index (κ3) is 2.75. The van der Waals surface area contributed by atoms with Gasteiger partial charge in [-0.3, -0.25) is 0 Å². The van der Waals surface area contributed by atoms with Crippen molar-refractivity contribution in [2.45, 2.75) is 45.3 Å². The molecule has 1 unspecified atom stereocenters. The zero-order valence-electron chi connectivity index (χ0n) is 12.2. The molecular weight excluding hydrogens is 255 g/mol. The van der Waals surface area contributed by atoms with Crippen LogP contribution in [0.25, 0.3) is 0 Å². The Labute approximate surface area is 119 Å². The van der Waals surface area contributed by atoms with Crippen molar-refractivity contribution in [1.29, 1.82) is 0 Å². The first-order chi connectivity index (χ1) is 9.46. The third-order valence-corrected chi connectivity index (χ3v) is 3.73. The summed E-state index contributed by atoms with van der Waals surface area (Å²) in [5.41, 5.74) is 0.349. The van der Waals surface area contributed by atoms with Crippen LogP contribution in [0.3, 0.4) is 0 Å². The van der Waals surface area contributed by atoms with E-state index in [4.69, 9.17) is 0 Å². The topological polar surface area (TPSA) is 38.0 Å². The molecule has 1 aromatic heterocycles. The minimum absolute atomic E-state index is 0.272. The zero-order valence-corrected chi connectivity index (χ0v) is 12.2. The molecule has 0 aliphatic heterocycles. The molecule has 20 heavy (non-hydrogen) atoms. The molecule has 1 heterocycles. The number of aliphatic hydroxyl groups excluding tert-OH is 1. The number of halogens is 1. The molecule has 0 saturated carbocycles. The number of rotatable bonds is 5. The lowest BCUT2D eigenvalue weighted by atomic mass is 9.79. The minimum atomic E-state index is -0.741. The van der Waals surface area contributed by atoms with E-state index in [0.717, 1.165) is 18.5 Å². The Hall–Kier alpha value is -1.68. The molecule has 3 nitrogen and oxygen atoms in total. The maximum atomic E-state index is 13.0. The molecular formula is C16H21FN2O. The minimum Gasteiger partial charge on any atom is -0.384 e. The number of aryl methyl sites for hydroxylation is 1. The highest BCUT2D eigenvalue weighted by Crippen LogP contribution is 2.36. The van der Waals surface area contributed by atoms with Gasteiger partial charge in [0.05, 0.1) is 0 Å². The van der Waals surface area contributed by atoms with E-state index in [0.29, 0.717) is 5.82 Å². The Morgan fingerprint density at radius 3 is 2.55 bits per heavy atom. The van der Waals surface area contributed by atoms with E-state index in [1.807, 2.05) is 24.6 Å². The second kappa shape index (κ2) is 5.75. The average Bonchev–Trinajstić information content (AvgIpc) is 2.87. The van der Waals surface area contributed by atoms with E-state index in [9.17, 15) is 9.50 Å². The van der Waals surface area contributed by atoms with Gasteiger partial charge in [0.1, 0.15) is 17.7 Å². The Bertz CT molecular complexity index is 560. The molecule has 1 N–H and O–H groups in total. The summed E-state index contributed by atoms with van der Waals surface area (Å²) in [5, 5.41) is 10.7. The molecule has 0 fully saturated rings. The highest BCUT2D eigenvalue weighted by Gasteiger charge is 2.33. The maximum Gasteiger partial charge on any atom is 0.138 e. The molecule has 0 aliphatic carbocycles. The smallest absolute Gasteiger partial charge is 0.138 e. The monoisotopic (exact) mass is 276 g/mol. The first-order valence-electron chi connectivity index (χ1n) is 6.92. The Morgan fingerprint density at radius 1 is 1.30 bits per heavy atom. The van der Waals surface area contributed by atoms with Gasteiger partial charge in [0.25, 0.3) is 0 Å². The lowest BCUT2D eigenvalue weighted by Crippen LogP contribution is -2.29. The molecule has 0 spiro atoms. The van der Waals surface area contributed by atoms with E-state index in [2.05, 4.69) is 11.9 Å². The highest BCUT2D eigenvalue weighted by molar-refractivity contribution is 5.27. The van der Waals surface area contributed by atoms with Crippen molar-refractivity contribution in [1.82, 2.24) is 9.55 Å². The van der Waals surface area contributed by atoms with Gasteiger partial charge in [-0.05, 0) is 24.1 Å². The molecule has 1 atom stereocenters. The summed E-state index contributed by atoms with van der Waals surface area (Å²) in [6.07, 6.45) is 3.82. The summed E-state index contributed by atoms with van der Waals surface area (Å²) >= 11 is 0. The van der Waals surface area contributed by atoms with Gasteiger partial charge in [-0.15, -0.1) is 0 Å². The van der Waals surface area contributed by atoms with Gasteiger partial charge in [-0.2, -0.15) is 0 Å². The average molecular weight is 276 g/mol. The molecule has 0 aliphatic rings. The number of aromatic nitrogens is 2. The largest absolute Gasteiger partial charge is 0.384 e. The van der Waals surface area contributed by atoms with Crippen molar-refractivity contribution in [3.63, 3.8) is 0 Å². The van der Waals surface area contributed by atoms with Gasteiger partial charge < -0.3 is 9.67 Å². The molecule has 2 rings (SSSR count). The van der Waals surface area contributed by atoms with E-state index < -0.39 is 11.5 Å². The van der Waals surface area contributed by atoms with Crippen LogP contribution in [0.1, 0.15) is 44.7 Å². The second-order valence-electron chi connectivity index (χ2n) is 5.61. The van der Waals surface area contributed by atoms with Crippen molar-refractivity contribution in [2.75, 3.05) is 0 Å². The lowest BCUT2D eigenvalue weighted by molar-refractivity contribution is 0.0879. The maximum absolute atomic E-state index is 13.0. The van der Waals surface area contributed by atoms with Crippen LogP contribution in [0.2, 0.25) is 0 Å². The zero-order chi connectivity index (χ0) is 14.8. The van der Waals surface area contributed by atoms with Gasteiger partial charge in [-0.25, -0.2) is 9.37 Å². The summed E-state index contributed by atoms with van der Waals surface area (Å²) in [6.45, 7) is 6.79. The molecule has 1 aromatic carbocycles. The first-order valence-corrected chi connectivity index (χ1v) is 6.92.